The average molecular weight is 392 g/mol. The molecule has 3 aromatic rings. The van der Waals surface area contributed by atoms with E-state index in [9.17, 15) is 10.1 Å². The number of hydrogen-bond acceptors (Lipinski definition) is 6. The molecule has 2 aromatic carbocycles. The van der Waals surface area contributed by atoms with Crippen LogP contribution in [-0.2, 0) is 0 Å². The van der Waals surface area contributed by atoms with E-state index in [1.54, 1.807) is 37.6 Å². The Bertz CT molecular complexity index is 1140. The Kier molecular flexibility index (Phi) is 5.74. The maximum absolute atomic E-state index is 13.1. The highest BCUT2D eigenvalue weighted by molar-refractivity contribution is 6.20. The largest absolute Gasteiger partial charge is 0.497 e. The van der Waals surface area contributed by atoms with Crippen LogP contribution < -0.4 is 18.9 Å². The Balaban J connectivity index is 2.09. The van der Waals surface area contributed by atoms with Gasteiger partial charge in [-0.25, -0.2) is 0 Å². The van der Waals surface area contributed by atoms with Crippen molar-refractivity contribution in [3.05, 3.63) is 53.2 Å². The highest BCUT2D eigenvalue weighted by Crippen LogP contribution is 2.36. The van der Waals surface area contributed by atoms with Crippen LogP contribution in [0.25, 0.3) is 17.0 Å². The summed E-state index contributed by atoms with van der Waals surface area (Å²) in [6.45, 7) is 0. The lowest BCUT2D eigenvalue weighted by molar-refractivity contribution is 0.104. The maximum Gasteiger partial charge on any atom is 0.205 e. The zero-order valence-corrected chi connectivity index (χ0v) is 16.5. The van der Waals surface area contributed by atoms with Gasteiger partial charge in [0, 0.05) is 34.3 Å². The number of ketones is 1. The van der Waals surface area contributed by atoms with Crippen LogP contribution in [0.2, 0.25) is 0 Å². The average Bonchev–Trinajstić information content (AvgIpc) is 3.19. The number of aromatic amines is 1. The van der Waals surface area contributed by atoms with E-state index >= 15 is 0 Å². The molecule has 0 radical (unpaired) electrons. The second kappa shape index (κ2) is 8.40. The number of nitrogens with one attached hydrogen (secondary N) is 1. The molecule has 1 N–H and O–H groups in total. The molecule has 0 unspecified atom stereocenters. The van der Waals surface area contributed by atoms with Crippen molar-refractivity contribution in [1.29, 1.82) is 5.26 Å². The summed E-state index contributed by atoms with van der Waals surface area (Å²) in [6, 6.07) is 10.6. The van der Waals surface area contributed by atoms with E-state index in [0.717, 1.165) is 5.52 Å². The van der Waals surface area contributed by atoms with Gasteiger partial charge < -0.3 is 23.9 Å². The van der Waals surface area contributed by atoms with Crippen LogP contribution in [0, 0.1) is 11.3 Å². The van der Waals surface area contributed by atoms with Gasteiger partial charge in [0.05, 0.1) is 28.4 Å². The van der Waals surface area contributed by atoms with Crippen molar-refractivity contribution in [3.8, 4) is 29.1 Å². The topological polar surface area (TPSA) is 93.6 Å². The number of benzene rings is 2. The molecule has 0 atom stereocenters. The summed E-state index contributed by atoms with van der Waals surface area (Å²) in [7, 11) is 6.08. The van der Waals surface area contributed by atoms with E-state index < -0.39 is 5.78 Å². The Morgan fingerprint density at radius 1 is 0.966 bits per heavy atom. The molecule has 0 bridgehead atoms. The monoisotopic (exact) mass is 392 g/mol. The number of fused-ring (bicyclic) bond motifs is 1. The van der Waals surface area contributed by atoms with Crippen molar-refractivity contribution in [2.75, 3.05) is 28.4 Å². The number of rotatable bonds is 7. The number of Topliss-reactive ketones (excluding diaryl/α,β-unsaturated/α-hetero) is 1. The summed E-state index contributed by atoms with van der Waals surface area (Å²) >= 11 is 0. The van der Waals surface area contributed by atoms with Crippen LogP contribution in [0.15, 0.2) is 42.1 Å². The van der Waals surface area contributed by atoms with Gasteiger partial charge in [-0.1, -0.05) is 0 Å². The summed E-state index contributed by atoms with van der Waals surface area (Å²) in [5.74, 6) is 1.60. The lowest BCUT2D eigenvalue weighted by atomic mass is 10.0. The summed E-state index contributed by atoms with van der Waals surface area (Å²) < 4.78 is 21.2. The number of ether oxygens (including phenoxy) is 4. The number of nitrogens with zero attached hydrogens (tertiary/aromatic N) is 1. The first-order chi connectivity index (χ1) is 14.1. The third-order valence-corrected chi connectivity index (χ3v) is 4.53. The van der Waals surface area contributed by atoms with Gasteiger partial charge in [0.15, 0.2) is 11.5 Å². The summed E-state index contributed by atoms with van der Waals surface area (Å²) in [5, 5.41) is 10.3. The smallest absolute Gasteiger partial charge is 0.205 e. The van der Waals surface area contributed by atoms with Crippen LogP contribution >= 0.6 is 0 Å². The Morgan fingerprint density at radius 2 is 1.66 bits per heavy atom. The van der Waals surface area contributed by atoms with Gasteiger partial charge in [-0.3, -0.25) is 4.79 Å². The second-order valence-electron chi connectivity index (χ2n) is 6.06. The zero-order chi connectivity index (χ0) is 21.0. The third kappa shape index (κ3) is 3.73. The molecule has 0 saturated heterocycles. The molecule has 0 aliphatic heterocycles. The first kappa shape index (κ1) is 19.8. The highest BCUT2D eigenvalue weighted by atomic mass is 16.5. The van der Waals surface area contributed by atoms with Crippen molar-refractivity contribution in [2.24, 2.45) is 0 Å². The lowest BCUT2D eigenvalue weighted by Gasteiger charge is -2.12. The predicted octanol–water partition coefficient (Wildman–Crippen LogP) is 3.99. The molecule has 29 heavy (non-hydrogen) atoms. The minimum absolute atomic E-state index is 0.0424. The van der Waals surface area contributed by atoms with Crippen molar-refractivity contribution in [3.63, 3.8) is 0 Å². The number of carbonyl (C=O) groups excluding carboxylic acids is 1. The number of carbonyl (C=O) groups is 1. The third-order valence-electron chi connectivity index (χ3n) is 4.53. The maximum atomic E-state index is 13.1. The first-order valence-corrected chi connectivity index (χ1v) is 8.67. The summed E-state index contributed by atoms with van der Waals surface area (Å²) in [5.41, 5.74) is 1.63. The lowest BCUT2D eigenvalue weighted by Crippen LogP contribution is -2.02. The minimum atomic E-state index is -0.413. The molecule has 148 valence electrons. The van der Waals surface area contributed by atoms with Gasteiger partial charge in [0.25, 0.3) is 0 Å². The molecule has 3 rings (SSSR count). The van der Waals surface area contributed by atoms with Gasteiger partial charge in [0.2, 0.25) is 5.78 Å². The molecule has 0 amide bonds. The Hall–Kier alpha value is -3.92. The minimum Gasteiger partial charge on any atom is -0.497 e. The number of H-pyrrole nitrogens is 1. The van der Waals surface area contributed by atoms with Crippen LogP contribution in [0.4, 0.5) is 0 Å². The number of allylic oxidation sites excluding steroid dienone is 1. The quantitative estimate of drug-likeness (QED) is 0.371. The fourth-order valence-corrected chi connectivity index (χ4v) is 3.03. The molecule has 0 aliphatic carbocycles. The number of nitriles is 1. The molecular formula is C22H20N2O5. The van der Waals surface area contributed by atoms with Gasteiger partial charge in [-0.2, -0.15) is 5.26 Å². The number of aromatic nitrogens is 1. The Labute approximate surface area is 168 Å². The van der Waals surface area contributed by atoms with Crippen LogP contribution in [0.1, 0.15) is 15.9 Å². The van der Waals surface area contributed by atoms with E-state index in [-0.39, 0.29) is 5.57 Å². The van der Waals surface area contributed by atoms with Crippen molar-refractivity contribution in [1.82, 2.24) is 4.98 Å². The van der Waals surface area contributed by atoms with Gasteiger partial charge in [-0.15, -0.1) is 0 Å². The van der Waals surface area contributed by atoms with E-state index in [0.29, 0.717) is 39.5 Å². The molecule has 0 aliphatic rings. The molecule has 1 heterocycles. The molecular weight excluding hydrogens is 372 g/mol. The van der Waals surface area contributed by atoms with Crippen LogP contribution in [0.3, 0.4) is 0 Å². The van der Waals surface area contributed by atoms with Crippen LogP contribution in [-0.4, -0.2) is 39.2 Å². The fraction of sp³-hybridized carbons (Fsp3) is 0.182. The Morgan fingerprint density at radius 3 is 2.28 bits per heavy atom. The van der Waals surface area contributed by atoms with E-state index in [4.69, 9.17) is 18.9 Å². The fourth-order valence-electron chi connectivity index (χ4n) is 3.03. The van der Waals surface area contributed by atoms with Gasteiger partial charge >= 0.3 is 0 Å². The molecule has 7 heteroatoms. The molecule has 0 spiro atoms. The van der Waals surface area contributed by atoms with Crippen LogP contribution in [0.5, 0.6) is 23.0 Å². The summed E-state index contributed by atoms with van der Waals surface area (Å²) in [4.78, 5) is 16.1. The molecule has 0 saturated carbocycles. The van der Waals surface area contributed by atoms with Gasteiger partial charge in [-0.05, 0) is 30.3 Å². The molecule has 7 nitrogen and oxygen atoms in total. The van der Waals surface area contributed by atoms with E-state index in [1.807, 2.05) is 12.1 Å². The van der Waals surface area contributed by atoms with E-state index in [2.05, 4.69) is 4.98 Å². The van der Waals surface area contributed by atoms with Crippen molar-refractivity contribution < 1.29 is 23.7 Å². The van der Waals surface area contributed by atoms with Crippen molar-refractivity contribution >= 4 is 22.8 Å². The SMILES string of the molecule is COc1ccc2[nH]cc(C(=O)/C(C#N)=C/c3cc(OC)c(OC)cc3OC)c2c1. The summed E-state index contributed by atoms with van der Waals surface area (Å²) in [6.07, 6.45) is 3.06. The number of methoxy groups -OCH3 is 4. The molecule has 1 aromatic heterocycles. The number of hydrogen-bond donors (Lipinski definition) is 1. The normalized spacial score (nSPS) is 11.1. The van der Waals surface area contributed by atoms with Crippen molar-refractivity contribution in [2.45, 2.75) is 0 Å². The van der Waals surface area contributed by atoms with E-state index in [1.165, 1.54) is 27.4 Å². The highest BCUT2D eigenvalue weighted by Gasteiger charge is 2.19. The first-order valence-electron chi connectivity index (χ1n) is 8.67. The zero-order valence-electron chi connectivity index (χ0n) is 16.5. The van der Waals surface area contributed by atoms with Gasteiger partial charge in [0.1, 0.15) is 23.1 Å². The second-order valence-corrected chi connectivity index (χ2v) is 6.06. The molecule has 0 fully saturated rings. The predicted molar refractivity (Wildman–Crippen MR) is 109 cm³/mol. The standard InChI is InChI=1S/C22H20N2O5/c1-26-15-5-6-18-16(9-15)17(12-24-18)22(25)14(11-23)7-13-8-20(28-3)21(29-4)10-19(13)27-2/h5-10,12,24H,1-4H3/b14-7+.